The second-order valence-electron chi connectivity index (χ2n) is 3.78. The molecule has 0 spiro atoms. The van der Waals surface area contributed by atoms with Gasteiger partial charge in [0.25, 0.3) is 0 Å². The number of hydrogen-bond acceptors (Lipinski definition) is 2. The van der Waals surface area contributed by atoms with E-state index in [1.807, 2.05) is 30.3 Å². The van der Waals surface area contributed by atoms with E-state index in [1.165, 1.54) is 0 Å². The van der Waals surface area contributed by atoms with Crippen molar-refractivity contribution in [2.75, 3.05) is 11.9 Å². The van der Waals surface area contributed by atoms with E-state index in [2.05, 4.69) is 47.5 Å². The summed E-state index contributed by atoms with van der Waals surface area (Å²) in [7, 11) is 0. The molecule has 0 aliphatic carbocycles. The number of rotatable bonds is 3. The van der Waals surface area contributed by atoms with Gasteiger partial charge in [-0.05, 0) is 17.1 Å². The Kier molecular flexibility index (Phi) is 4.93. The summed E-state index contributed by atoms with van der Waals surface area (Å²) in [6, 6.07) is 9.36. The van der Waals surface area contributed by atoms with Gasteiger partial charge in [-0.3, -0.25) is 4.98 Å². The van der Waals surface area contributed by atoms with E-state index in [0.717, 1.165) is 15.4 Å². The van der Waals surface area contributed by atoms with Gasteiger partial charge in [-0.15, -0.1) is 0 Å². The maximum absolute atomic E-state index is 11.7. The maximum atomic E-state index is 11.7. The average Bonchev–Trinajstić information content (AvgIpc) is 2.44. The molecule has 0 fully saturated rings. The number of nitrogens with zero attached hydrogens (tertiary/aromatic N) is 1. The minimum absolute atomic E-state index is 0.275. The molecule has 2 rings (SSSR count). The molecular formula is C13H11Br2N3O. The van der Waals surface area contributed by atoms with Crippen molar-refractivity contribution >= 4 is 54.5 Å². The quantitative estimate of drug-likeness (QED) is 0.840. The van der Waals surface area contributed by atoms with E-state index >= 15 is 0 Å². The number of halogens is 2. The van der Waals surface area contributed by atoms with Crippen LogP contribution in [0.3, 0.4) is 0 Å². The highest BCUT2D eigenvalue weighted by molar-refractivity contribution is 9.14. The number of pyridine rings is 1. The van der Waals surface area contributed by atoms with Gasteiger partial charge in [0.2, 0.25) is 0 Å². The Morgan fingerprint density at radius 1 is 1.37 bits per heavy atom. The molecule has 98 valence electrons. The Morgan fingerprint density at radius 2 is 2.16 bits per heavy atom. The van der Waals surface area contributed by atoms with Crippen molar-refractivity contribution in [1.29, 1.82) is 0 Å². The zero-order valence-electron chi connectivity index (χ0n) is 9.86. The van der Waals surface area contributed by atoms with Crippen LogP contribution in [0.4, 0.5) is 10.5 Å². The number of aromatic nitrogens is 1. The molecule has 0 bridgehead atoms. The molecule has 0 aliphatic heterocycles. The van der Waals surface area contributed by atoms with Crippen LogP contribution in [0.2, 0.25) is 0 Å². The fourth-order valence-electron chi connectivity index (χ4n) is 1.52. The molecule has 19 heavy (non-hydrogen) atoms. The predicted octanol–water partition coefficient (Wildman–Crippen LogP) is 3.99. The van der Waals surface area contributed by atoms with Crippen LogP contribution in [-0.4, -0.2) is 17.6 Å². The highest BCUT2D eigenvalue weighted by Crippen LogP contribution is 2.15. The van der Waals surface area contributed by atoms with Crippen LogP contribution < -0.4 is 10.6 Å². The molecule has 6 heteroatoms. The van der Waals surface area contributed by atoms with Gasteiger partial charge in [0.15, 0.2) is 0 Å². The first-order chi connectivity index (χ1) is 9.19. The second-order valence-corrected chi connectivity index (χ2v) is 5.26. The summed E-state index contributed by atoms with van der Waals surface area (Å²) >= 11 is 6.45. The average molecular weight is 385 g/mol. The summed E-state index contributed by atoms with van der Waals surface area (Å²) in [4.78, 5) is 17.6. The number of amides is 2. The zero-order chi connectivity index (χ0) is 13.7. The van der Waals surface area contributed by atoms with Crippen molar-refractivity contribution in [2.45, 2.75) is 0 Å². The molecule has 1 aromatic heterocycles. The van der Waals surface area contributed by atoms with Gasteiger partial charge in [-0.25, -0.2) is 4.79 Å². The molecule has 1 heterocycles. The molecular weight excluding hydrogens is 374 g/mol. The lowest BCUT2D eigenvalue weighted by atomic mass is 10.2. The van der Waals surface area contributed by atoms with Crippen LogP contribution in [0.25, 0.3) is 10.9 Å². The van der Waals surface area contributed by atoms with Crippen molar-refractivity contribution in [3.63, 3.8) is 0 Å². The van der Waals surface area contributed by atoms with Gasteiger partial charge < -0.3 is 10.6 Å². The summed E-state index contributed by atoms with van der Waals surface area (Å²) in [6.07, 6.45) is 1.64. The van der Waals surface area contributed by atoms with Crippen molar-refractivity contribution in [1.82, 2.24) is 10.3 Å². The number of para-hydroxylation sites is 1. The molecule has 2 amide bonds. The van der Waals surface area contributed by atoms with Crippen molar-refractivity contribution in [3.8, 4) is 0 Å². The Hall–Kier alpha value is -1.40. The summed E-state index contributed by atoms with van der Waals surface area (Å²) in [5.41, 5.74) is 1.56. The largest absolute Gasteiger partial charge is 0.333 e. The molecule has 1 aromatic carbocycles. The number of carbonyl (C=O) groups is 1. The lowest BCUT2D eigenvalue weighted by Gasteiger charge is -2.07. The molecule has 0 radical (unpaired) electrons. The van der Waals surface area contributed by atoms with Crippen LogP contribution in [0, 0.1) is 0 Å². The maximum Gasteiger partial charge on any atom is 0.319 e. The van der Waals surface area contributed by atoms with Crippen molar-refractivity contribution < 1.29 is 4.79 Å². The van der Waals surface area contributed by atoms with Gasteiger partial charge in [0.1, 0.15) is 0 Å². The van der Waals surface area contributed by atoms with E-state index in [9.17, 15) is 4.79 Å². The Labute approximate surface area is 127 Å². The van der Waals surface area contributed by atoms with Crippen LogP contribution >= 0.6 is 31.9 Å². The normalized spacial score (nSPS) is 11.4. The van der Waals surface area contributed by atoms with Gasteiger partial charge in [0.05, 0.1) is 23.9 Å². The van der Waals surface area contributed by atoms with Gasteiger partial charge in [-0.1, -0.05) is 50.1 Å². The van der Waals surface area contributed by atoms with Crippen LogP contribution in [0.5, 0.6) is 0 Å². The van der Waals surface area contributed by atoms with Crippen LogP contribution in [0.1, 0.15) is 0 Å². The lowest BCUT2D eigenvalue weighted by molar-refractivity contribution is 0.253. The standard InChI is InChI=1S/C13H11Br2N3O/c14-6-10(15)7-17-13(19)18-11-5-9-3-1-2-4-12(9)16-8-11/h1-6,8H,7H2,(H2,17,18,19). The third kappa shape index (κ3) is 4.04. The highest BCUT2D eigenvalue weighted by Gasteiger charge is 2.03. The fourth-order valence-corrected chi connectivity index (χ4v) is 1.82. The second kappa shape index (κ2) is 6.68. The monoisotopic (exact) mass is 383 g/mol. The molecule has 0 aliphatic rings. The first kappa shape index (κ1) is 14.0. The minimum atomic E-state index is -0.275. The Morgan fingerprint density at radius 3 is 2.95 bits per heavy atom. The molecule has 0 saturated heterocycles. The highest BCUT2D eigenvalue weighted by atomic mass is 79.9. The molecule has 0 unspecified atom stereocenters. The smallest absolute Gasteiger partial charge is 0.319 e. The first-order valence-corrected chi connectivity index (χ1v) is 7.24. The Balaban J connectivity index is 2.03. The van der Waals surface area contributed by atoms with E-state index in [-0.39, 0.29) is 6.03 Å². The third-order valence-corrected chi connectivity index (χ3v) is 4.06. The lowest BCUT2D eigenvalue weighted by Crippen LogP contribution is -2.29. The number of anilines is 1. The van der Waals surface area contributed by atoms with Crippen LogP contribution in [0.15, 0.2) is 46.0 Å². The van der Waals surface area contributed by atoms with E-state index < -0.39 is 0 Å². The van der Waals surface area contributed by atoms with E-state index in [1.54, 1.807) is 11.2 Å². The molecule has 4 nitrogen and oxygen atoms in total. The SMILES string of the molecule is O=C(NCC(Br)=CBr)Nc1cnc2ccccc2c1. The van der Waals surface area contributed by atoms with Gasteiger partial charge in [-0.2, -0.15) is 0 Å². The van der Waals surface area contributed by atoms with E-state index in [4.69, 9.17) is 0 Å². The van der Waals surface area contributed by atoms with Gasteiger partial charge >= 0.3 is 6.03 Å². The van der Waals surface area contributed by atoms with Gasteiger partial charge in [0, 0.05) is 9.87 Å². The topological polar surface area (TPSA) is 54.0 Å². The number of urea groups is 1. The predicted molar refractivity (Wildman–Crippen MR) is 84.7 cm³/mol. The van der Waals surface area contributed by atoms with Crippen molar-refractivity contribution in [3.05, 3.63) is 46.0 Å². The number of fused-ring (bicyclic) bond motifs is 1. The van der Waals surface area contributed by atoms with Crippen LogP contribution in [-0.2, 0) is 0 Å². The summed E-state index contributed by atoms with van der Waals surface area (Å²) in [6.45, 7) is 0.415. The molecule has 0 atom stereocenters. The fraction of sp³-hybridized carbons (Fsp3) is 0.0769. The summed E-state index contributed by atoms with van der Waals surface area (Å²) in [5, 5.41) is 6.43. The third-order valence-electron chi connectivity index (χ3n) is 2.38. The first-order valence-electron chi connectivity index (χ1n) is 5.53. The number of hydrogen-bond donors (Lipinski definition) is 2. The zero-order valence-corrected chi connectivity index (χ0v) is 13.0. The Bertz CT molecular complexity index is 628. The minimum Gasteiger partial charge on any atom is -0.333 e. The number of carbonyl (C=O) groups excluding carboxylic acids is 1. The van der Waals surface area contributed by atoms with E-state index in [0.29, 0.717) is 12.2 Å². The number of benzene rings is 1. The molecule has 0 saturated carbocycles. The molecule has 2 N–H and O–H groups in total. The summed E-state index contributed by atoms with van der Waals surface area (Å²) in [5.74, 6) is 0. The number of nitrogens with one attached hydrogen (secondary N) is 2. The summed E-state index contributed by atoms with van der Waals surface area (Å²) < 4.78 is 0.847. The molecule has 2 aromatic rings. The van der Waals surface area contributed by atoms with Crippen molar-refractivity contribution in [2.24, 2.45) is 0 Å².